The molecule has 10 heteroatoms. The van der Waals surface area contributed by atoms with Crippen LogP contribution in [0.1, 0.15) is 25.1 Å². The van der Waals surface area contributed by atoms with Gasteiger partial charge in [0.2, 0.25) is 11.7 Å². The normalized spacial score (nSPS) is 18.6. The molecule has 2 aromatic rings. The van der Waals surface area contributed by atoms with E-state index in [-0.39, 0.29) is 5.91 Å². The van der Waals surface area contributed by atoms with E-state index >= 15 is 0 Å². The second-order valence-electron chi connectivity index (χ2n) is 7.69. The van der Waals surface area contributed by atoms with Crippen molar-refractivity contribution < 1.29 is 9.21 Å². The number of nitrogens with zero attached hydrogens (tertiary/aromatic N) is 6. The molecule has 1 amide bonds. The van der Waals surface area contributed by atoms with Gasteiger partial charge in [-0.2, -0.15) is 0 Å². The Balaban J connectivity index is 1.22. The van der Waals surface area contributed by atoms with Gasteiger partial charge in [-0.1, -0.05) is 0 Å². The molecular formula is C20H30N8O2. The van der Waals surface area contributed by atoms with E-state index in [1.807, 2.05) is 17.0 Å². The average molecular weight is 415 g/mol. The molecule has 2 fully saturated rings. The maximum absolute atomic E-state index is 12.5. The highest BCUT2D eigenvalue weighted by Crippen LogP contribution is 2.14. The minimum atomic E-state index is 0.267. The first-order valence-electron chi connectivity index (χ1n) is 10.6. The average Bonchev–Trinajstić information content (AvgIpc) is 3.48. The molecule has 0 aliphatic carbocycles. The molecular weight excluding hydrogens is 384 g/mol. The smallest absolute Gasteiger partial charge is 0.236 e. The predicted molar refractivity (Wildman–Crippen MR) is 113 cm³/mol. The summed E-state index contributed by atoms with van der Waals surface area (Å²) >= 11 is 0. The SMILES string of the molecule is CN=C(NCc1nc(-c2ccco2)n[nH]1)N1CCN(CC(=O)N2CCCCC2)CC1. The largest absolute Gasteiger partial charge is 0.461 e. The Bertz CT molecular complexity index is 833. The lowest BCUT2D eigenvalue weighted by molar-refractivity contribution is -0.133. The van der Waals surface area contributed by atoms with Gasteiger partial charge in [-0.3, -0.25) is 19.8 Å². The Labute approximate surface area is 176 Å². The van der Waals surface area contributed by atoms with Gasteiger partial charge in [0.15, 0.2) is 11.7 Å². The van der Waals surface area contributed by atoms with Crippen LogP contribution in [-0.2, 0) is 11.3 Å². The highest BCUT2D eigenvalue weighted by atomic mass is 16.3. The lowest BCUT2D eigenvalue weighted by Gasteiger charge is -2.37. The van der Waals surface area contributed by atoms with Crippen LogP contribution in [-0.4, -0.2) is 94.6 Å². The number of guanidine groups is 1. The quantitative estimate of drug-likeness (QED) is 0.550. The topological polar surface area (TPSA) is 106 Å². The van der Waals surface area contributed by atoms with E-state index < -0.39 is 0 Å². The number of amides is 1. The number of nitrogens with one attached hydrogen (secondary N) is 2. The molecule has 0 aromatic carbocycles. The lowest BCUT2D eigenvalue weighted by Crippen LogP contribution is -2.54. The standard InChI is InChI=1S/C20H30N8O2/c1-21-20(22-14-17-23-19(25-24-17)16-6-5-13-30-16)28-11-9-26(10-12-28)15-18(29)27-7-3-2-4-8-27/h5-6,13H,2-4,7-12,14-15H2,1H3,(H,21,22)(H,23,24,25). The molecule has 10 nitrogen and oxygen atoms in total. The summed E-state index contributed by atoms with van der Waals surface area (Å²) in [5.74, 6) is 2.99. The lowest BCUT2D eigenvalue weighted by atomic mass is 10.1. The zero-order chi connectivity index (χ0) is 20.8. The van der Waals surface area contributed by atoms with E-state index in [1.54, 1.807) is 13.3 Å². The molecule has 0 atom stereocenters. The van der Waals surface area contributed by atoms with Crippen LogP contribution in [0.15, 0.2) is 27.8 Å². The molecule has 2 aliphatic rings. The Hall–Kier alpha value is -2.88. The summed E-state index contributed by atoms with van der Waals surface area (Å²) in [5.41, 5.74) is 0. The van der Waals surface area contributed by atoms with Crippen molar-refractivity contribution in [1.29, 1.82) is 0 Å². The molecule has 2 N–H and O–H groups in total. The van der Waals surface area contributed by atoms with Gasteiger partial charge in [0.25, 0.3) is 0 Å². The van der Waals surface area contributed by atoms with Crippen molar-refractivity contribution >= 4 is 11.9 Å². The molecule has 0 spiro atoms. The third kappa shape index (κ3) is 4.99. The number of rotatable bonds is 5. The summed E-state index contributed by atoms with van der Waals surface area (Å²) in [6.45, 7) is 6.22. The molecule has 0 bridgehead atoms. The molecule has 2 saturated heterocycles. The van der Waals surface area contributed by atoms with Gasteiger partial charge in [-0.05, 0) is 31.4 Å². The van der Waals surface area contributed by atoms with E-state index in [9.17, 15) is 4.79 Å². The Morgan fingerprint density at radius 2 is 1.97 bits per heavy atom. The van der Waals surface area contributed by atoms with Crippen molar-refractivity contribution in [1.82, 2.24) is 35.2 Å². The highest BCUT2D eigenvalue weighted by molar-refractivity contribution is 5.80. The number of aliphatic imine (C=N–C) groups is 1. The van der Waals surface area contributed by atoms with Crippen LogP contribution in [0.3, 0.4) is 0 Å². The number of likely N-dealkylation sites (tertiary alicyclic amines) is 1. The first kappa shape index (κ1) is 20.4. The molecule has 0 saturated carbocycles. The molecule has 0 radical (unpaired) electrons. The van der Waals surface area contributed by atoms with Crippen molar-refractivity contribution in [3.8, 4) is 11.6 Å². The van der Waals surface area contributed by atoms with Crippen LogP contribution in [0.4, 0.5) is 0 Å². The number of hydrogen-bond donors (Lipinski definition) is 2. The number of hydrogen-bond acceptors (Lipinski definition) is 6. The second kappa shape index (κ2) is 9.75. The molecule has 162 valence electrons. The number of piperazine rings is 1. The first-order valence-corrected chi connectivity index (χ1v) is 10.6. The fraction of sp³-hybridized carbons (Fsp3) is 0.600. The van der Waals surface area contributed by atoms with Crippen LogP contribution in [0.2, 0.25) is 0 Å². The van der Waals surface area contributed by atoms with Gasteiger partial charge in [0.05, 0.1) is 19.4 Å². The Morgan fingerprint density at radius 1 is 1.17 bits per heavy atom. The zero-order valence-electron chi connectivity index (χ0n) is 17.5. The van der Waals surface area contributed by atoms with Gasteiger partial charge in [-0.25, -0.2) is 4.98 Å². The summed E-state index contributed by atoms with van der Waals surface area (Å²) in [5, 5.41) is 10.5. The third-order valence-corrected chi connectivity index (χ3v) is 5.64. The summed E-state index contributed by atoms with van der Waals surface area (Å²) in [6.07, 6.45) is 5.11. The van der Waals surface area contributed by atoms with Crippen molar-refractivity contribution in [2.75, 3.05) is 52.9 Å². The number of furan rings is 1. The van der Waals surface area contributed by atoms with Crippen molar-refractivity contribution in [3.05, 3.63) is 24.2 Å². The number of aromatic nitrogens is 3. The molecule has 4 rings (SSSR count). The number of H-pyrrole nitrogens is 1. The van der Waals surface area contributed by atoms with Crippen molar-refractivity contribution in [3.63, 3.8) is 0 Å². The van der Waals surface area contributed by atoms with Gasteiger partial charge in [-0.15, -0.1) is 5.10 Å². The monoisotopic (exact) mass is 414 g/mol. The molecule has 4 heterocycles. The molecule has 2 aromatic heterocycles. The van der Waals surface area contributed by atoms with E-state index in [0.29, 0.717) is 30.5 Å². The van der Waals surface area contributed by atoms with Gasteiger partial charge in [0.1, 0.15) is 5.82 Å². The van der Waals surface area contributed by atoms with E-state index in [2.05, 4.69) is 35.3 Å². The minimum Gasteiger partial charge on any atom is -0.461 e. The van der Waals surface area contributed by atoms with Crippen LogP contribution in [0.5, 0.6) is 0 Å². The number of piperidine rings is 1. The number of carbonyl (C=O) groups excluding carboxylic acids is 1. The Kier molecular flexibility index (Phi) is 6.63. The minimum absolute atomic E-state index is 0.267. The first-order chi connectivity index (χ1) is 14.7. The highest BCUT2D eigenvalue weighted by Gasteiger charge is 2.24. The van der Waals surface area contributed by atoms with Gasteiger partial charge >= 0.3 is 0 Å². The third-order valence-electron chi connectivity index (χ3n) is 5.64. The van der Waals surface area contributed by atoms with E-state index in [4.69, 9.17) is 4.42 Å². The van der Waals surface area contributed by atoms with Crippen LogP contribution < -0.4 is 5.32 Å². The Morgan fingerprint density at radius 3 is 2.67 bits per heavy atom. The fourth-order valence-corrected chi connectivity index (χ4v) is 3.94. The maximum atomic E-state index is 12.5. The van der Waals surface area contributed by atoms with Crippen LogP contribution >= 0.6 is 0 Å². The van der Waals surface area contributed by atoms with E-state index in [0.717, 1.165) is 58.1 Å². The maximum Gasteiger partial charge on any atom is 0.236 e. The zero-order valence-corrected chi connectivity index (χ0v) is 17.5. The fourth-order valence-electron chi connectivity index (χ4n) is 3.94. The number of carbonyl (C=O) groups is 1. The van der Waals surface area contributed by atoms with Crippen LogP contribution in [0.25, 0.3) is 11.6 Å². The molecule has 0 unspecified atom stereocenters. The van der Waals surface area contributed by atoms with Crippen LogP contribution in [0, 0.1) is 0 Å². The second-order valence-corrected chi connectivity index (χ2v) is 7.69. The predicted octanol–water partition coefficient (Wildman–Crippen LogP) is 0.770. The van der Waals surface area contributed by atoms with Crippen molar-refractivity contribution in [2.45, 2.75) is 25.8 Å². The van der Waals surface area contributed by atoms with Crippen molar-refractivity contribution in [2.24, 2.45) is 4.99 Å². The molecule has 30 heavy (non-hydrogen) atoms. The summed E-state index contributed by atoms with van der Waals surface area (Å²) < 4.78 is 5.32. The molecule has 2 aliphatic heterocycles. The van der Waals surface area contributed by atoms with Gasteiger partial charge in [0, 0.05) is 46.3 Å². The number of aromatic amines is 1. The summed E-state index contributed by atoms with van der Waals surface area (Å²) in [6, 6.07) is 3.64. The van der Waals surface area contributed by atoms with E-state index in [1.165, 1.54) is 6.42 Å². The van der Waals surface area contributed by atoms with Gasteiger partial charge < -0.3 is 19.5 Å². The summed E-state index contributed by atoms with van der Waals surface area (Å²) in [4.78, 5) is 27.8. The summed E-state index contributed by atoms with van der Waals surface area (Å²) in [7, 11) is 1.78.